The molecule has 0 radical (unpaired) electrons. The highest BCUT2D eigenvalue weighted by Crippen LogP contribution is 2.23. The lowest BCUT2D eigenvalue weighted by molar-refractivity contribution is -0.120. The van der Waals surface area contributed by atoms with Gasteiger partial charge >= 0.3 is 0 Å². The third-order valence-corrected chi connectivity index (χ3v) is 3.41. The van der Waals surface area contributed by atoms with Gasteiger partial charge in [0.2, 0.25) is 5.91 Å². The third-order valence-electron chi connectivity index (χ3n) is 2.86. The molecule has 0 aliphatic heterocycles. The molecular weight excluding hydrogens is 282 g/mol. The molecule has 19 heavy (non-hydrogen) atoms. The Hall–Kier alpha value is -1.33. The summed E-state index contributed by atoms with van der Waals surface area (Å²) in [6.45, 7) is 0.546. The van der Waals surface area contributed by atoms with Gasteiger partial charge in [-0.15, -0.1) is 0 Å². The molecule has 4 nitrogen and oxygen atoms in total. The van der Waals surface area contributed by atoms with E-state index in [2.05, 4.69) is 10.6 Å². The molecule has 0 aromatic heterocycles. The Kier molecular flexibility index (Phi) is 4.61. The summed E-state index contributed by atoms with van der Waals surface area (Å²) in [5.74, 6) is 0.0749. The average Bonchev–Trinajstić information content (AvgIpc) is 3.14. The molecule has 0 atom stereocenters. The number of nitrogens with two attached hydrogens (primary N) is 1. The number of hydrogen-bond acceptors (Lipinski definition) is 3. The van der Waals surface area contributed by atoms with Gasteiger partial charge in [-0.1, -0.05) is 23.8 Å². The van der Waals surface area contributed by atoms with Crippen LogP contribution in [0.25, 0.3) is 0 Å². The van der Waals surface area contributed by atoms with E-state index in [0.29, 0.717) is 29.0 Å². The number of rotatable bonds is 6. The normalized spacial score (nSPS) is 13.9. The van der Waals surface area contributed by atoms with Crippen molar-refractivity contribution in [1.82, 2.24) is 5.32 Å². The fourth-order valence-electron chi connectivity index (χ4n) is 1.65. The molecule has 1 saturated carbocycles. The summed E-state index contributed by atoms with van der Waals surface area (Å²) >= 11 is 11.0. The predicted octanol–water partition coefficient (Wildman–Crippen LogP) is 2.05. The summed E-state index contributed by atoms with van der Waals surface area (Å²) in [4.78, 5) is 11.8. The van der Waals surface area contributed by atoms with Gasteiger partial charge < -0.3 is 16.4 Å². The van der Waals surface area contributed by atoms with Gasteiger partial charge in [0.1, 0.15) is 4.99 Å². The van der Waals surface area contributed by atoms with Crippen LogP contribution in [0.1, 0.15) is 24.8 Å². The van der Waals surface area contributed by atoms with Crippen molar-refractivity contribution in [2.75, 3.05) is 11.9 Å². The van der Waals surface area contributed by atoms with Crippen LogP contribution in [-0.4, -0.2) is 23.5 Å². The van der Waals surface area contributed by atoms with Crippen molar-refractivity contribution in [1.29, 1.82) is 0 Å². The zero-order chi connectivity index (χ0) is 13.8. The molecule has 1 aromatic rings. The molecule has 0 spiro atoms. The highest BCUT2D eigenvalue weighted by atomic mass is 35.5. The maximum atomic E-state index is 11.5. The number of nitrogens with one attached hydrogen (secondary N) is 2. The minimum absolute atomic E-state index is 0.0749. The van der Waals surface area contributed by atoms with Gasteiger partial charge in [-0.2, -0.15) is 0 Å². The molecule has 0 heterocycles. The van der Waals surface area contributed by atoms with Crippen LogP contribution in [0, 0.1) is 0 Å². The molecule has 1 amide bonds. The van der Waals surface area contributed by atoms with Crippen LogP contribution in [0.15, 0.2) is 18.2 Å². The number of carbonyl (C=O) groups excluding carboxylic acids is 1. The van der Waals surface area contributed by atoms with Crippen LogP contribution in [0.3, 0.4) is 0 Å². The SMILES string of the molecule is NC(=S)c1ccc(NCCC(=O)NC2CC2)c(Cl)c1. The van der Waals surface area contributed by atoms with Crippen molar-refractivity contribution < 1.29 is 4.79 Å². The van der Waals surface area contributed by atoms with Crippen molar-refractivity contribution >= 4 is 40.4 Å². The monoisotopic (exact) mass is 297 g/mol. The van der Waals surface area contributed by atoms with Crippen LogP contribution >= 0.6 is 23.8 Å². The summed E-state index contributed by atoms with van der Waals surface area (Å²) < 4.78 is 0. The molecule has 0 saturated heterocycles. The van der Waals surface area contributed by atoms with Gasteiger partial charge in [-0.05, 0) is 31.0 Å². The molecule has 1 fully saturated rings. The first-order chi connectivity index (χ1) is 9.06. The predicted molar refractivity (Wildman–Crippen MR) is 81.6 cm³/mol. The van der Waals surface area contributed by atoms with Gasteiger partial charge in [0, 0.05) is 24.6 Å². The van der Waals surface area contributed by atoms with Crippen LogP contribution in [-0.2, 0) is 4.79 Å². The smallest absolute Gasteiger partial charge is 0.221 e. The zero-order valence-electron chi connectivity index (χ0n) is 10.4. The van der Waals surface area contributed by atoms with E-state index in [0.717, 1.165) is 24.1 Å². The molecule has 1 aliphatic carbocycles. The Morgan fingerprint density at radius 1 is 1.47 bits per heavy atom. The number of anilines is 1. The van der Waals surface area contributed by atoms with E-state index in [1.807, 2.05) is 6.07 Å². The highest BCUT2D eigenvalue weighted by Gasteiger charge is 2.22. The lowest BCUT2D eigenvalue weighted by atomic mass is 10.2. The van der Waals surface area contributed by atoms with Gasteiger partial charge in [0.25, 0.3) is 0 Å². The lowest BCUT2D eigenvalue weighted by Crippen LogP contribution is -2.27. The number of carbonyl (C=O) groups is 1. The van der Waals surface area contributed by atoms with Gasteiger partial charge in [0.05, 0.1) is 10.7 Å². The summed E-state index contributed by atoms with van der Waals surface area (Å²) in [5.41, 5.74) is 7.04. The Labute approximate surface area is 122 Å². The van der Waals surface area contributed by atoms with E-state index >= 15 is 0 Å². The van der Waals surface area contributed by atoms with Crippen LogP contribution in [0.4, 0.5) is 5.69 Å². The van der Waals surface area contributed by atoms with Crippen molar-refractivity contribution in [2.24, 2.45) is 5.73 Å². The number of hydrogen-bond donors (Lipinski definition) is 3. The summed E-state index contributed by atoms with van der Waals surface area (Å²) in [5, 5.41) is 6.61. The third kappa shape index (κ3) is 4.36. The molecule has 2 rings (SSSR count). The van der Waals surface area contributed by atoms with Gasteiger partial charge in [-0.3, -0.25) is 4.79 Å². The summed E-state index contributed by atoms with van der Waals surface area (Å²) in [6.07, 6.45) is 2.64. The average molecular weight is 298 g/mol. The Morgan fingerprint density at radius 3 is 2.79 bits per heavy atom. The molecular formula is C13H16ClN3OS. The Morgan fingerprint density at radius 2 is 2.21 bits per heavy atom. The molecule has 1 aliphatic rings. The highest BCUT2D eigenvalue weighted by molar-refractivity contribution is 7.80. The largest absolute Gasteiger partial charge is 0.389 e. The van der Waals surface area contributed by atoms with Crippen molar-refractivity contribution in [2.45, 2.75) is 25.3 Å². The molecule has 0 bridgehead atoms. The van der Waals surface area contributed by atoms with Crippen LogP contribution in [0.2, 0.25) is 5.02 Å². The van der Waals surface area contributed by atoms with E-state index in [1.165, 1.54) is 0 Å². The zero-order valence-corrected chi connectivity index (χ0v) is 12.0. The Balaban J connectivity index is 1.81. The van der Waals surface area contributed by atoms with E-state index in [1.54, 1.807) is 12.1 Å². The first-order valence-electron chi connectivity index (χ1n) is 6.19. The lowest BCUT2D eigenvalue weighted by Gasteiger charge is -2.09. The second kappa shape index (κ2) is 6.21. The number of amides is 1. The van der Waals surface area contributed by atoms with E-state index in [4.69, 9.17) is 29.6 Å². The minimum atomic E-state index is 0.0749. The maximum Gasteiger partial charge on any atom is 0.221 e. The fraction of sp³-hybridized carbons (Fsp3) is 0.385. The van der Waals surface area contributed by atoms with Crippen molar-refractivity contribution in [3.8, 4) is 0 Å². The fourth-order valence-corrected chi connectivity index (χ4v) is 2.02. The van der Waals surface area contributed by atoms with Gasteiger partial charge in [0.15, 0.2) is 0 Å². The summed E-state index contributed by atoms with van der Waals surface area (Å²) in [6, 6.07) is 5.74. The van der Waals surface area contributed by atoms with E-state index < -0.39 is 0 Å². The van der Waals surface area contributed by atoms with Crippen molar-refractivity contribution in [3.63, 3.8) is 0 Å². The maximum absolute atomic E-state index is 11.5. The van der Waals surface area contributed by atoms with Crippen LogP contribution in [0.5, 0.6) is 0 Å². The molecule has 6 heteroatoms. The summed E-state index contributed by atoms with van der Waals surface area (Å²) in [7, 11) is 0. The van der Waals surface area contributed by atoms with Crippen molar-refractivity contribution in [3.05, 3.63) is 28.8 Å². The number of thiocarbonyl (C=S) groups is 1. The van der Waals surface area contributed by atoms with E-state index in [9.17, 15) is 4.79 Å². The standard InChI is InChI=1S/C13H16ClN3OS/c14-10-7-8(13(15)19)1-4-11(10)16-6-5-12(18)17-9-2-3-9/h1,4,7,9,16H,2-3,5-6H2,(H2,15,19)(H,17,18). The molecule has 0 unspecified atom stereocenters. The quantitative estimate of drug-likeness (QED) is 0.703. The van der Waals surface area contributed by atoms with Gasteiger partial charge in [-0.25, -0.2) is 0 Å². The topological polar surface area (TPSA) is 67.1 Å². The second-order valence-electron chi connectivity index (χ2n) is 4.58. The number of benzene rings is 1. The van der Waals surface area contributed by atoms with E-state index in [-0.39, 0.29) is 5.91 Å². The Bertz CT molecular complexity index is 503. The van der Waals surface area contributed by atoms with Crippen LogP contribution < -0.4 is 16.4 Å². The first kappa shape index (κ1) is 14.1. The number of halogens is 1. The minimum Gasteiger partial charge on any atom is -0.389 e. The molecule has 102 valence electrons. The second-order valence-corrected chi connectivity index (χ2v) is 5.42. The molecule has 4 N–H and O–H groups in total. The molecule has 1 aromatic carbocycles. The first-order valence-corrected chi connectivity index (χ1v) is 6.97.